The summed E-state index contributed by atoms with van der Waals surface area (Å²) in [5.74, 6) is 0.715. The van der Waals surface area contributed by atoms with Crippen LogP contribution in [0.4, 0.5) is 0 Å². The van der Waals surface area contributed by atoms with Crippen molar-refractivity contribution in [2.75, 3.05) is 19.7 Å². The molecule has 0 spiro atoms. The molecule has 1 aliphatic rings. The van der Waals surface area contributed by atoms with E-state index in [1.54, 1.807) is 0 Å². The largest absolute Gasteiger partial charge is 0.484 e. The maximum absolute atomic E-state index is 12.0. The lowest BCUT2D eigenvalue weighted by Gasteiger charge is -2.15. The van der Waals surface area contributed by atoms with E-state index >= 15 is 0 Å². The van der Waals surface area contributed by atoms with Gasteiger partial charge in [0.25, 0.3) is 5.91 Å². The molecule has 1 amide bonds. The highest BCUT2D eigenvalue weighted by molar-refractivity contribution is 7.80. The highest BCUT2D eigenvalue weighted by Crippen LogP contribution is 2.14. The summed E-state index contributed by atoms with van der Waals surface area (Å²) in [5, 5.41) is 7.91. The number of thiocarbonyl (C=S) groups is 1. The SMILES string of the molecule is C/C(=N\NC(=S)NCc1ccccc1)c1ccc(OCC(=O)N2CCCC2)cc1. The predicted molar refractivity (Wildman–Crippen MR) is 119 cm³/mol. The smallest absolute Gasteiger partial charge is 0.260 e. The number of rotatable bonds is 7. The van der Waals surface area contributed by atoms with E-state index in [0.29, 0.717) is 17.4 Å². The molecule has 2 aromatic rings. The second-order valence-electron chi connectivity index (χ2n) is 6.88. The first kappa shape index (κ1) is 20.8. The number of carbonyl (C=O) groups excluding carboxylic acids is 1. The predicted octanol–water partition coefficient (Wildman–Crippen LogP) is 3.08. The first-order chi connectivity index (χ1) is 14.1. The van der Waals surface area contributed by atoms with Crippen LogP contribution in [0.1, 0.15) is 30.9 Å². The van der Waals surface area contributed by atoms with Crippen LogP contribution in [0, 0.1) is 0 Å². The van der Waals surface area contributed by atoms with Gasteiger partial charge in [-0.1, -0.05) is 30.3 Å². The number of hydrogen-bond donors (Lipinski definition) is 2. The van der Waals surface area contributed by atoms with Crippen LogP contribution < -0.4 is 15.5 Å². The minimum absolute atomic E-state index is 0.0463. The molecule has 0 aromatic heterocycles. The Morgan fingerprint density at radius 1 is 1.10 bits per heavy atom. The van der Waals surface area contributed by atoms with E-state index in [2.05, 4.69) is 15.8 Å². The third kappa shape index (κ3) is 6.57. The van der Waals surface area contributed by atoms with E-state index in [0.717, 1.165) is 42.8 Å². The first-order valence-corrected chi connectivity index (χ1v) is 10.2. The molecule has 2 N–H and O–H groups in total. The number of hydrazone groups is 1. The zero-order valence-electron chi connectivity index (χ0n) is 16.6. The van der Waals surface area contributed by atoms with E-state index in [4.69, 9.17) is 17.0 Å². The van der Waals surface area contributed by atoms with E-state index in [1.165, 1.54) is 0 Å². The van der Waals surface area contributed by atoms with Crippen molar-refractivity contribution in [2.45, 2.75) is 26.3 Å². The zero-order valence-corrected chi connectivity index (χ0v) is 17.4. The molecule has 6 nitrogen and oxygen atoms in total. The Balaban J connectivity index is 1.44. The van der Waals surface area contributed by atoms with Crippen molar-refractivity contribution in [1.29, 1.82) is 0 Å². The van der Waals surface area contributed by atoms with Crippen molar-refractivity contribution in [3.05, 3.63) is 65.7 Å². The quantitative estimate of drug-likeness (QED) is 0.417. The van der Waals surface area contributed by atoms with Crippen LogP contribution >= 0.6 is 12.2 Å². The van der Waals surface area contributed by atoms with Crippen LogP contribution in [0.2, 0.25) is 0 Å². The second-order valence-corrected chi connectivity index (χ2v) is 7.29. The van der Waals surface area contributed by atoms with Crippen LogP contribution in [0.3, 0.4) is 0 Å². The molecule has 0 radical (unpaired) electrons. The van der Waals surface area contributed by atoms with E-state index in [1.807, 2.05) is 66.4 Å². The van der Waals surface area contributed by atoms with Crippen LogP contribution in [0.15, 0.2) is 59.7 Å². The van der Waals surface area contributed by atoms with Gasteiger partial charge in [0.15, 0.2) is 11.7 Å². The lowest BCUT2D eigenvalue weighted by Crippen LogP contribution is -2.32. The maximum atomic E-state index is 12.0. The van der Waals surface area contributed by atoms with Gasteiger partial charge in [0.1, 0.15) is 5.75 Å². The van der Waals surface area contributed by atoms with Crippen LogP contribution in [-0.2, 0) is 11.3 Å². The third-order valence-electron chi connectivity index (χ3n) is 4.71. The topological polar surface area (TPSA) is 66.0 Å². The Morgan fingerprint density at radius 2 is 1.79 bits per heavy atom. The van der Waals surface area contributed by atoms with Crippen molar-refractivity contribution < 1.29 is 9.53 Å². The highest BCUT2D eigenvalue weighted by atomic mass is 32.1. The number of nitrogens with one attached hydrogen (secondary N) is 2. The number of carbonyl (C=O) groups is 1. The van der Waals surface area contributed by atoms with Gasteiger partial charge in [0.2, 0.25) is 0 Å². The molecule has 1 aliphatic heterocycles. The number of nitrogens with zero attached hydrogens (tertiary/aromatic N) is 2. The molecule has 1 saturated heterocycles. The Labute approximate surface area is 176 Å². The summed E-state index contributed by atoms with van der Waals surface area (Å²) in [6.45, 7) is 4.30. The molecular weight excluding hydrogens is 384 g/mol. The molecule has 0 bridgehead atoms. The van der Waals surface area contributed by atoms with Gasteiger partial charge in [-0.3, -0.25) is 10.2 Å². The Hall–Kier alpha value is -2.93. The first-order valence-electron chi connectivity index (χ1n) is 9.75. The number of likely N-dealkylation sites (tertiary alicyclic amines) is 1. The van der Waals surface area contributed by atoms with E-state index in [-0.39, 0.29) is 12.5 Å². The van der Waals surface area contributed by atoms with Gasteiger partial charge >= 0.3 is 0 Å². The summed E-state index contributed by atoms with van der Waals surface area (Å²) in [4.78, 5) is 13.9. The molecule has 0 unspecified atom stereocenters. The molecule has 2 aromatic carbocycles. The van der Waals surface area contributed by atoms with Crippen LogP contribution in [-0.4, -0.2) is 41.3 Å². The Kier molecular flexibility index (Phi) is 7.58. The minimum atomic E-state index is 0.0463. The summed E-state index contributed by atoms with van der Waals surface area (Å²) >= 11 is 5.26. The second kappa shape index (κ2) is 10.6. The van der Waals surface area contributed by atoms with Gasteiger partial charge in [0.05, 0.1) is 5.71 Å². The zero-order chi connectivity index (χ0) is 20.5. The van der Waals surface area contributed by atoms with Gasteiger partial charge in [-0.05, 0) is 67.4 Å². The normalized spacial score (nSPS) is 13.8. The van der Waals surface area contributed by atoms with E-state index in [9.17, 15) is 4.79 Å². The fourth-order valence-corrected chi connectivity index (χ4v) is 3.13. The van der Waals surface area contributed by atoms with Crippen LogP contribution in [0.25, 0.3) is 0 Å². The van der Waals surface area contributed by atoms with Gasteiger partial charge in [-0.2, -0.15) is 5.10 Å². The maximum Gasteiger partial charge on any atom is 0.260 e. The number of benzene rings is 2. The van der Waals surface area contributed by atoms with Gasteiger partial charge < -0.3 is 15.0 Å². The fraction of sp³-hybridized carbons (Fsp3) is 0.318. The Bertz CT molecular complexity index is 847. The van der Waals surface area contributed by atoms with Crippen molar-refractivity contribution >= 4 is 28.9 Å². The highest BCUT2D eigenvalue weighted by Gasteiger charge is 2.18. The summed E-state index contributed by atoms with van der Waals surface area (Å²) in [7, 11) is 0. The summed E-state index contributed by atoms with van der Waals surface area (Å²) in [6.07, 6.45) is 2.16. The molecular formula is C22H26N4O2S. The summed E-state index contributed by atoms with van der Waals surface area (Å²) in [6, 6.07) is 17.5. The van der Waals surface area contributed by atoms with Gasteiger partial charge in [-0.25, -0.2) is 0 Å². The molecule has 1 heterocycles. The molecule has 152 valence electrons. The molecule has 7 heteroatoms. The summed E-state index contributed by atoms with van der Waals surface area (Å²) < 4.78 is 5.61. The fourth-order valence-electron chi connectivity index (χ4n) is 3.01. The molecule has 0 saturated carbocycles. The van der Waals surface area contributed by atoms with Gasteiger partial charge in [0, 0.05) is 19.6 Å². The average molecular weight is 411 g/mol. The monoisotopic (exact) mass is 410 g/mol. The number of amides is 1. The molecule has 0 aliphatic carbocycles. The standard InChI is InChI=1S/C22H26N4O2S/c1-17(24-25-22(29)23-15-18-7-3-2-4-8-18)19-9-11-20(12-10-19)28-16-21(27)26-13-5-6-14-26/h2-4,7-12H,5-6,13-16H2,1H3,(H2,23,25,29)/b24-17+. The number of hydrogen-bond acceptors (Lipinski definition) is 4. The van der Waals surface area contributed by atoms with Crippen molar-refractivity contribution in [1.82, 2.24) is 15.6 Å². The minimum Gasteiger partial charge on any atom is -0.484 e. The molecule has 1 fully saturated rings. The van der Waals surface area contributed by atoms with Crippen molar-refractivity contribution in [3.63, 3.8) is 0 Å². The molecule has 0 atom stereocenters. The Morgan fingerprint density at radius 3 is 2.48 bits per heavy atom. The van der Waals surface area contributed by atoms with Crippen molar-refractivity contribution in [3.8, 4) is 5.75 Å². The molecule has 29 heavy (non-hydrogen) atoms. The third-order valence-corrected chi connectivity index (χ3v) is 4.95. The lowest BCUT2D eigenvalue weighted by atomic mass is 10.1. The van der Waals surface area contributed by atoms with Crippen LogP contribution in [0.5, 0.6) is 5.75 Å². The lowest BCUT2D eigenvalue weighted by molar-refractivity contribution is -0.132. The average Bonchev–Trinajstić information content (AvgIpc) is 3.30. The van der Waals surface area contributed by atoms with Crippen molar-refractivity contribution in [2.24, 2.45) is 5.10 Å². The molecule has 3 rings (SSSR count). The number of ether oxygens (including phenoxy) is 1. The summed E-state index contributed by atoms with van der Waals surface area (Å²) in [5.41, 5.74) is 5.76. The van der Waals surface area contributed by atoms with E-state index < -0.39 is 0 Å². The van der Waals surface area contributed by atoms with Gasteiger partial charge in [-0.15, -0.1) is 0 Å².